The lowest BCUT2D eigenvalue weighted by molar-refractivity contribution is 0.475. The van der Waals surface area contributed by atoms with Crippen LogP contribution in [0.2, 0.25) is 0 Å². The first-order valence-electron chi connectivity index (χ1n) is 7.14. The predicted molar refractivity (Wildman–Crippen MR) is 88.2 cm³/mol. The van der Waals surface area contributed by atoms with Crippen molar-refractivity contribution in [2.24, 2.45) is 0 Å². The number of benzene rings is 3. The van der Waals surface area contributed by atoms with Gasteiger partial charge in [-0.3, -0.25) is 0 Å². The predicted octanol–water partition coefficient (Wildman–Crippen LogP) is 4.40. The van der Waals surface area contributed by atoms with Crippen LogP contribution in [-0.2, 0) is 0 Å². The molecule has 1 N–H and O–H groups in total. The van der Waals surface area contributed by atoms with Crippen LogP contribution in [0.1, 0.15) is 0 Å². The summed E-state index contributed by atoms with van der Waals surface area (Å²) in [5.74, 6) is 0.231. The molecule has 0 bridgehead atoms. The first-order chi connectivity index (χ1) is 10.8. The standard InChI is InChI=1S/C19H14N2O/c22-16-10-11-17(14-6-2-1-3-7-14)19(12-16)21-18-9-5-4-8-15(18)13-20-21/h1-13,22H. The largest absolute Gasteiger partial charge is 0.508 e. The van der Waals surface area contributed by atoms with Crippen molar-refractivity contribution in [3.05, 3.63) is 79.0 Å². The van der Waals surface area contributed by atoms with Crippen molar-refractivity contribution in [1.29, 1.82) is 0 Å². The molecule has 1 aromatic heterocycles. The van der Waals surface area contributed by atoms with Crippen molar-refractivity contribution in [3.63, 3.8) is 0 Å². The molecular formula is C19H14N2O. The fourth-order valence-electron chi connectivity index (χ4n) is 2.72. The van der Waals surface area contributed by atoms with E-state index in [0.717, 1.165) is 27.7 Å². The minimum atomic E-state index is 0.231. The highest BCUT2D eigenvalue weighted by molar-refractivity contribution is 5.83. The Morgan fingerprint density at radius 3 is 2.45 bits per heavy atom. The summed E-state index contributed by atoms with van der Waals surface area (Å²) in [7, 11) is 0. The SMILES string of the molecule is Oc1ccc(-c2ccccc2)c(-n2ncc3ccccc32)c1. The topological polar surface area (TPSA) is 38.0 Å². The van der Waals surface area contributed by atoms with Gasteiger partial charge in [0.1, 0.15) is 5.75 Å². The van der Waals surface area contributed by atoms with Gasteiger partial charge in [0.25, 0.3) is 0 Å². The van der Waals surface area contributed by atoms with E-state index in [1.165, 1.54) is 0 Å². The summed E-state index contributed by atoms with van der Waals surface area (Å²) in [6.45, 7) is 0. The van der Waals surface area contributed by atoms with Crippen LogP contribution in [0.15, 0.2) is 79.0 Å². The van der Waals surface area contributed by atoms with Gasteiger partial charge in [0, 0.05) is 17.0 Å². The van der Waals surface area contributed by atoms with Crippen molar-refractivity contribution in [2.45, 2.75) is 0 Å². The molecule has 4 rings (SSSR count). The molecule has 0 fully saturated rings. The van der Waals surface area contributed by atoms with Crippen molar-refractivity contribution in [1.82, 2.24) is 9.78 Å². The van der Waals surface area contributed by atoms with E-state index < -0.39 is 0 Å². The number of hydrogen-bond donors (Lipinski definition) is 1. The Bertz CT molecular complexity index is 942. The third kappa shape index (κ3) is 2.04. The maximum Gasteiger partial charge on any atom is 0.117 e. The van der Waals surface area contributed by atoms with Crippen LogP contribution >= 0.6 is 0 Å². The van der Waals surface area contributed by atoms with Gasteiger partial charge in [-0.2, -0.15) is 5.10 Å². The van der Waals surface area contributed by atoms with Gasteiger partial charge in [0.05, 0.1) is 17.4 Å². The average Bonchev–Trinajstić information content (AvgIpc) is 2.99. The lowest BCUT2D eigenvalue weighted by atomic mass is 10.0. The second-order valence-electron chi connectivity index (χ2n) is 5.18. The fourth-order valence-corrected chi connectivity index (χ4v) is 2.72. The maximum atomic E-state index is 9.91. The quantitative estimate of drug-likeness (QED) is 0.593. The van der Waals surface area contributed by atoms with Crippen molar-refractivity contribution < 1.29 is 5.11 Å². The van der Waals surface area contributed by atoms with E-state index in [2.05, 4.69) is 17.2 Å². The molecule has 0 aliphatic rings. The Morgan fingerprint density at radius 1 is 0.818 bits per heavy atom. The molecule has 3 aromatic carbocycles. The number of phenols is 1. The first kappa shape index (κ1) is 12.7. The summed E-state index contributed by atoms with van der Waals surface area (Å²) in [5.41, 5.74) is 4.02. The van der Waals surface area contributed by atoms with Gasteiger partial charge in [-0.05, 0) is 23.8 Å². The normalized spacial score (nSPS) is 10.9. The smallest absolute Gasteiger partial charge is 0.117 e. The number of para-hydroxylation sites is 1. The Morgan fingerprint density at radius 2 is 1.59 bits per heavy atom. The zero-order valence-electron chi connectivity index (χ0n) is 11.8. The van der Waals surface area contributed by atoms with Crippen LogP contribution in [0.4, 0.5) is 0 Å². The van der Waals surface area contributed by atoms with Crippen LogP contribution in [0.25, 0.3) is 27.7 Å². The zero-order valence-corrected chi connectivity index (χ0v) is 11.8. The molecule has 0 amide bonds. The zero-order chi connectivity index (χ0) is 14.9. The summed E-state index contributed by atoms with van der Waals surface area (Å²) < 4.78 is 1.87. The molecular weight excluding hydrogens is 272 g/mol. The number of aromatic hydroxyl groups is 1. The number of rotatable bonds is 2. The molecule has 0 aliphatic heterocycles. The van der Waals surface area contributed by atoms with E-state index in [1.54, 1.807) is 12.1 Å². The van der Waals surface area contributed by atoms with Crippen molar-refractivity contribution in [3.8, 4) is 22.6 Å². The van der Waals surface area contributed by atoms with E-state index in [-0.39, 0.29) is 5.75 Å². The molecule has 3 heteroatoms. The molecule has 0 unspecified atom stereocenters. The Kier molecular flexibility index (Phi) is 2.90. The summed E-state index contributed by atoms with van der Waals surface area (Å²) in [4.78, 5) is 0. The lowest BCUT2D eigenvalue weighted by Crippen LogP contribution is -1.98. The third-order valence-electron chi connectivity index (χ3n) is 3.77. The number of aromatic nitrogens is 2. The highest BCUT2D eigenvalue weighted by Crippen LogP contribution is 2.31. The average molecular weight is 286 g/mol. The van der Waals surface area contributed by atoms with Gasteiger partial charge in [-0.15, -0.1) is 0 Å². The van der Waals surface area contributed by atoms with Gasteiger partial charge in [-0.25, -0.2) is 4.68 Å². The minimum absolute atomic E-state index is 0.231. The molecule has 0 radical (unpaired) electrons. The molecule has 4 aromatic rings. The van der Waals surface area contributed by atoms with E-state index in [4.69, 9.17) is 0 Å². The molecule has 0 saturated carbocycles. The first-order valence-corrected chi connectivity index (χ1v) is 7.14. The Labute approximate surface area is 128 Å². The molecule has 0 saturated heterocycles. The molecule has 1 heterocycles. The molecule has 3 nitrogen and oxygen atoms in total. The molecule has 106 valence electrons. The van der Waals surface area contributed by atoms with Gasteiger partial charge in [0.2, 0.25) is 0 Å². The molecule has 22 heavy (non-hydrogen) atoms. The number of phenolic OH excluding ortho intramolecular Hbond substituents is 1. The number of nitrogens with zero attached hydrogens (tertiary/aromatic N) is 2. The second kappa shape index (κ2) is 5.04. The lowest BCUT2D eigenvalue weighted by Gasteiger charge is -2.11. The van der Waals surface area contributed by atoms with E-state index in [9.17, 15) is 5.11 Å². The summed E-state index contributed by atoms with van der Waals surface area (Å²) >= 11 is 0. The summed E-state index contributed by atoms with van der Waals surface area (Å²) in [6.07, 6.45) is 1.84. The summed E-state index contributed by atoms with van der Waals surface area (Å²) in [6, 6.07) is 23.6. The Balaban J connectivity index is 2.00. The third-order valence-corrected chi connectivity index (χ3v) is 3.77. The van der Waals surface area contributed by atoms with Crippen LogP contribution in [0.3, 0.4) is 0 Å². The van der Waals surface area contributed by atoms with Crippen LogP contribution in [0.5, 0.6) is 5.75 Å². The fraction of sp³-hybridized carbons (Fsp3) is 0. The number of fused-ring (bicyclic) bond motifs is 1. The summed E-state index contributed by atoms with van der Waals surface area (Å²) in [5, 5.41) is 15.5. The molecule has 0 aliphatic carbocycles. The van der Waals surface area contributed by atoms with Crippen LogP contribution in [-0.4, -0.2) is 14.9 Å². The van der Waals surface area contributed by atoms with Crippen LogP contribution < -0.4 is 0 Å². The highest BCUT2D eigenvalue weighted by Gasteiger charge is 2.11. The monoisotopic (exact) mass is 286 g/mol. The van der Waals surface area contributed by atoms with Gasteiger partial charge < -0.3 is 5.11 Å². The van der Waals surface area contributed by atoms with E-state index >= 15 is 0 Å². The van der Waals surface area contributed by atoms with Crippen molar-refractivity contribution in [2.75, 3.05) is 0 Å². The van der Waals surface area contributed by atoms with Gasteiger partial charge in [-0.1, -0.05) is 48.5 Å². The van der Waals surface area contributed by atoms with Gasteiger partial charge in [0.15, 0.2) is 0 Å². The van der Waals surface area contributed by atoms with Crippen molar-refractivity contribution >= 4 is 10.9 Å². The highest BCUT2D eigenvalue weighted by atomic mass is 16.3. The van der Waals surface area contributed by atoms with E-state index in [0.29, 0.717) is 0 Å². The Hall–Kier alpha value is -3.07. The minimum Gasteiger partial charge on any atom is -0.508 e. The van der Waals surface area contributed by atoms with Crippen LogP contribution in [0, 0.1) is 0 Å². The number of hydrogen-bond acceptors (Lipinski definition) is 2. The molecule has 0 atom stereocenters. The van der Waals surface area contributed by atoms with E-state index in [1.807, 2.05) is 59.4 Å². The molecule has 0 spiro atoms. The van der Waals surface area contributed by atoms with Gasteiger partial charge >= 0.3 is 0 Å². The second-order valence-corrected chi connectivity index (χ2v) is 5.18. The maximum absolute atomic E-state index is 9.91.